The number of benzene rings is 1. The van der Waals surface area contributed by atoms with E-state index in [0.29, 0.717) is 23.1 Å². The summed E-state index contributed by atoms with van der Waals surface area (Å²) in [7, 11) is 0. The molecular weight excluding hydrogens is 282 g/mol. The van der Waals surface area contributed by atoms with Crippen LogP contribution in [0, 0.1) is 0 Å². The van der Waals surface area contributed by atoms with E-state index >= 15 is 0 Å². The first-order valence-electron chi connectivity index (χ1n) is 5.53. The zero-order chi connectivity index (χ0) is 14.1. The topological polar surface area (TPSA) is 97.7 Å². The number of hydrogen-bond acceptors (Lipinski definition) is 6. The van der Waals surface area contributed by atoms with Gasteiger partial charge in [-0.05, 0) is 18.2 Å². The number of hydrogen-bond donors (Lipinski definition) is 1. The van der Waals surface area contributed by atoms with E-state index in [1.54, 1.807) is 18.2 Å². The molecule has 7 nitrogen and oxygen atoms in total. The van der Waals surface area contributed by atoms with E-state index in [2.05, 4.69) is 25.5 Å². The summed E-state index contributed by atoms with van der Waals surface area (Å²) in [5, 5.41) is 10.2. The molecule has 0 aliphatic heterocycles. The third-order valence-electron chi connectivity index (χ3n) is 2.64. The second-order valence-electron chi connectivity index (χ2n) is 3.87. The minimum absolute atomic E-state index is 0.0831. The van der Waals surface area contributed by atoms with Gasteiger partial charge in [0.25, 0.3) is 5.56 Å². The van der Waals surface area contributed by atoms with E-state index in [1.807, 2.05) is 0 Å². The minimum Gasteiger partial charge on any atom is -0.327 e. The first kappa shape index (κ1) is 12.4. The Balaban J connectivity index is 2.52. The number of nitrogens with one attached hydrogen (secondary N) is 1. The number of nitrogens with zero attached hydrogens (tertiary/aromatic N) is 4. The number of carbonyl (C=O) groups is 1. The van der Waals surface area contributed by atoms with Crippen molar-refractivity contribution in [2.75, 3.05) is 5.32 Å². The molecule has 3 aromatic rings. The van der Waals surface area contributed by atoms with Crippen molar-refractivity contribution in [3.8, 4) is 0 Å². The second kappa shape index (κ2) is 4.78. The highest BCUT2D eigenvalue weighted by Crippen LogP contribution is 2.19. The molecule has 2 heterocycles. The first-order chi connectivity index (χ1) is 9.69. The first-order valence-corrected chi connectivity index (χ1v) is 5.91. The zero-order valence-electron chi connectivity index (χ0n) is 9.87. The molecule has 0 atom stereocenters. The normalized spacial score (nSPS) is 10.7. The monoisotopic (exact) mass is 287 g/mol. The van der Waals surface area contributed by atoms with Crippen molar-refractivity contribution in [2.24, 2.45) is 0 Å². The van der Waals surface area contributed by atoms with Crippen LogP contribution in [0.5, 0.6) is 0 Å². The predicted octanol–water partition coefficient (Wildman–Crippen LogP) is 1.15. The highest BCUT2D eigenvalue weighted by molar-refractivity contribution is 6.29. The molecule has 1 aromatic carbocycles. The fourth-order valence-corrected chi connectivity index (χ4v) is 1.94. The van der Waals surface area contributed by atoms with Gasteiger partial charge in [-0.25, -0.2) is 9.97 Å². The molecule has 0 radical (unpaired) electrons. The molecule has 2 aromatic heterocycles. The predicted molar refractivity (Wildman–Crippen MR) is 73.6 cm³/mol. The molecule has 3 rings (SSSR count). The number of halogens is 1. The number of carbonyl (C=O) groups excluding carboxylic acids is 1. The van der Waals surface area contributed by atoms with E-state index in [0.717, 1.165) is 0 Å². The number of para-hydroxylation sites is 1. The standard InChI is InChI=1S/C12H6ClN5O2/c13-9-4-6-11(18-17-9)16-10-7(14-5-19)2-1-3-8(10)15-12(6)20/h1-5H,(H,14,19). The summed E-state index contributed by atoms with van der Waals surface area (Å²) in [5.41, 5.74) is 0.725. The van der Waals surface area contributed by atoms with E-state index in [1.165, 1.54) is 6.07 Å². The van der Waals surface area contributed by atoms with Crippen LogP contribution >= 0.6 is 11.6 Å². The summed E-state index contributed by atoms with van der Waals surface area (Å²) in [5.74, 6) is 0. The van der Waals surface area contributed by atoms with E-state index in [9.17, 15) is 9.59 Å². The lowest BCUT2D eigenvalue weighted by Gasteiger charge is -1.99. The third-order valence-corrected chi connectivity index (χ3v) is 2.83. The van der Waals surface area contributed by atoms with Crippen molar-refractivity contribution in [1.82, 2.24) is 20.2 Å². The Labute approximate surface area is 116 Å². The van der Waals surface area contributed by atoms with E-state index in [-0.39, 0.29) is 16.2 Å². The molecule has 1 amide bonds. The molecule has 0 aliphatic carbocycles. The number of fused-ring (bicyclic) bond motifs is 2. The molecule has 0 saturated heterocycles. The van der Waals surface area contributed by atoms with Gasteiger partial charge in [0.1, 0.15) is 5.52 Å². The quantitative estimate of drug-likeness (QED) is 0.710. The van der Waals surface area contributed by atoms with Crippen molar-refractivity contribution in [2.45, 2.75) is 0 Å². The summed E-state index contributed by atoms with van der Waals surface area (Å²) in [4.78, 5) is 30.8. The Morgan fingerprint density at radius 1 is 1.20 bits per heavy atom. The van der Waals surface area contributed by atoms with E-state index < -0.39 is 5.56 Å². The summed E-state index contributed by atoms with van der Waals surface area (Å²) in [6.07, 6.45) is 0.520. The molecule has 0 unspecified atom stereocenters. The van der Waals surface area contributed by atoms with Gasteiger partial charge in [-0.15, -0.1) is 10.2 Å². The highest BCUT2D eigenvalue weighted by atomic mass is 35.5. The van der Waals surface area contributed by atoms with Gasteiger partial charge < -0.3 is 5.32 Å². The van der Waals surface area contributed by atoms with Crippen molar-refractivity contribution in [3.63, 3.8) is 0 Å². The lowest BCUT2D eigenvalue weighted by Crippen LogP contribution is -2.03. The van der Waals surface area contributed by atoms with Gasteiger partial charge in [-0.1, -0.05) is 17.7 Å². The van der Waals surface area contributed by atoms with Crippen LogP contribution in [0.2, 0.25) is 5.15 Å². The summed E-state index contributed by atoms with van der Waals surface area (Å²) in [6.45, 7) is 0. The van der Waals surface area contributed by atoms with Gasteiger partial charge in [0.05, 0.1) is 16.6 Å². The average molecular weight is 288 g/mol. The van der Waals surface area contributed by atoms with Crippen LogP contribution in [0.4, 0.5) is 5.69 Å². The number of rotatable bonds is 2. The molecule has 20 heavy (non-hydrogen) atoms. The van der Waals surface area contributed by atoms with Crippen LogP contribution in [0.15, 0.2) is 29.1 Å². The number of amides is 1. The summed E-state index contributed by atoms with van der Waals surface area (Å²) >= 11 is 5.72. The molecule has 98 valence electrons. The maximum absolute atomic E-state index is 12.0. The van der Waals surface area contributed by atoms with Gasteiger partial charge in [0.2, 0.25) is 6.41 Å². The minimum atomic E-state index is -0.512. The maximum Gasteiger partial charge on any atom is 0.281 e. The Hall–Kier alpha value is -2.67. The van der Waals surface area contributed by atoms with Crippen molar-refractivity contribution in [3.05, 3.63) is 39.8 Å². The number of aromatic nitrogens is 4. The molecule has 0 saturated carbocycles. The average Bonchev–Trinajstić information content (AvgIpc) is 2.57. The maximum atomic E-state index is 12.0. The molecule has 0 bridgehead atoms. The highest BCUT2D eigenvalue weighted by Gasteiger charge is 2.08. The number of anilines is 1. The van der Waals surface area contributed by atoms with Crippen LogP contribution in [0.1, 0.15) is 0 Å². The second-order valence-corrected chi connectivity index (χ2v) is 4.26. The smallest absolute Gasteiger partial charge is 0.281 e. The Bertz CT molecular complexity index is 900. The van der Waals surface area contributed by atoms with Gasteiger partial charge in [-0.2, -0.15) is 0 Å². The van der Waals surface area contributed by atoms with Gasteiger partial charge in [-0.3, -0.25) is 9.59 Å². The SMILES string of the molecule is O=CNc1cccc2nc(=O)c3cc(Cl)nnc3nc12. The van der Waals surface area contributed by atoms with Crippen molar-refractivity contribution >= 4 is 45.8 Å². The van der Waals surface area contributed by atoms with Gasteiger partial charge in [0, 0.05) is 0 Å². The lowest BCUT2D eigenvalue weighted by molar-refractivity contribution is -0.105. The molecule has 0 aliphatic rings. The van der Waals surface area contributed by atoms with Gasteiger partial charge in [0.15, 0.2) is 10.8 Å². The van der Waals surface area contributed by atoms with Crippen molar-refractivity contribution < 1.29 is 4.79 Å². The van der Waals surface area contributed by atoms with Crippen LogP contribution < -0.4 is 10.9 Å². The molecule has 0 spiro atoms. The van der Waals surface area contributed by atoms with Crippen LogP contribution in [0.3, 0.4) is 0 Å². The third kappa shape index (κ3) is 2.04. The molecular formula is C12H6ClN5O2. The van der Waals surface area contributed by atoms with Crippen LogP contribution in [-0.2, 0) is 4.79 Å². The lowest BCUT2D eigenvalue weighted by atomic mass is 10.2. The summed E-state index contributed by atoms with van der Waals surface area (Å²) < 4.78 is 0. The molecule has 1 N–H and O–H groups in total. The Kier molecular flexibility index (Phi) is 2.96. The van der Waals surface area contributed by atoms with Gasteiger partial charge >= 0.3 is 0 Å². The zero-order valence-corrected chi connectivity index (χ0v) is 10.6. The summed E-state index contributed by atoms with van der Waals surface area (Å²) in [6, 6.07) is 6.28. The molecule has 8 heteroatoms. The van der Waals surface area contributed by atoms with Crippen molar-refractivity contribution in [1.29, 1.82) is 0 Å². The van der Waals surface area contributed by atoms with Crippen LogP contribution in [0.25, 0.3) is 22.1 Å². The fourth-order valence-electron chi connectivity index (χ4n) is 1.80. The van der Waals surface area contributed by atoms with E-state index in [4.69, 9.17) is 11.6 Å². The Morgan fingerprint density at radius 3 is 2.85 bits per heavy atom. The van der Waals surface area contributed by atoms with Crippen LogP contribution in [-0.4, -0.2) is 26.6 Å². The largest absolute Gasteiger partial charge is 0.327 e. The fraction of sp³-hybridized carbons (Fsp3) is 0. The Morgan fingerprint density at radius 2 is 2.05 bits per heavy atom. The molecule has 0 fully saturated rings.